The molecule has 108 valence electrons. The van der Waals surface area contributed by atoms with Gasteiger partial charge in [0.15, 0.2) is 5.84 Å². The Morgan fingerprint density at radius 1 is 1.24 bits per heavy atom. The van der Waals surface area contributed by atoms with Gasteiger partial charge in [-0.1, -0.05) is 35.0 Å². The third kappa shape index (κ3) is 3.52. The summed E-state index contributed by atoms with van der Waals surface area (Å²) in [6.07, 6.45) is 0. The van der Waals surface area contributed by atoms with Crippen LogP contribution in [0.25, 0.3) is 0 Å². The Morgan fingerprint density at radius 2 is 2.00 bits per heavy atom. The smallest absolute Gasteiger partial charge is 0.255 e. The van der Waals surface area contributed by atoms with E-state index in [4.69, 9.17) is 22.5 Å². The van der Waals surface area contributed by atoms with Crippen LogP contribution in [0, 0.1) is 6.92 Å². The molecule has 0 aromatic heterocycles. The van der Waals surface area contributed by atoms with Crippen LogP contribution in [0.2, 0.25) is 5.02 Å². The van der Waals surface area contributed by atoms with Crippen LogP contribution in [-0.4, -0.2) is 17.0 Å². The number of nitrogens with two attached hydrogens (primary N) is 1. The van der Waals surface area contributed by atoms with E-state index in [1.807, 2.05) is 6.92 Å². The normalized spacial score (nSPS) is 11.2. The number of anilines is 1. The number of hydrogen-bond acceptors (Lipinski definition) is 3. The number of nitrogens with one attached hydrogen (secondary N) is 1. The summed E-state index contributed by atoms with van der Waals surface area (Å²) in [4.78, 5) is 12.1. The second-order valence-electron chi connectivity index (χ2n) is 4.48. The van der Waals surface area contributed by atoms with Crippen molar-refractivity contribution < 1.29 is 10.0 Å². The molecule has 0 bridgehead atoms. The summed E-state index contributed by atoms with van der Waals surface area (Å²) in [7, 11) is 0. The molecule has 21 heavy (non-hydrogen) atoms. The maximum Gasteiger partial charge on any atom is 0.255 e. The molecule has 0 heterocycles. The van der Waals surface area contributed by atoms with Crippen molar-refractivity contribution in [2.45, 2.75) is 6.92 Å². The fourth-order valence-corrected chi connectivity index (χ4v) is 1.93. The first-order valence-corrected chi connectivity index (χ1v) is 6.54. The number of hydrogen-bond donors (Lipinski definition) is 3. The van der Waals surface area contributed by atoms with E-state index >= 15 is 0 Å². The Balaban J connectivity index is 2.21. The van der Waals surface area contributed by atoms with E-state index in [0.29, 0.717) is 21.8 Å². The van der Waals surface area contributed by atoms with Crippen LogP contribution in [0.4, 0.5) is 5.69 Å². The van der Waals surface area contributed by atoms with E-state index < -0.39 is 0 Å². The van der Waals surface area contributed by atoms with Gasteiger partial charge in [-0.05, 0) is 36.8 Å². The number of oxime groups is 1. The molecule has 0 radical (unpaired) electrons. The van der Waals surface area contributed by atoms with Crippen molar-refractivity contribution >= 4 is 29.0 Å². The maximum absolute atomic E-state index is 12.1. The summed E-state index contributed by atoms with van der Waals surface area (Å²) in [5.41, 5.74) is 7.93. The Kier molecular flexibility index (Phi) is 4.45. The SMILES string of the molecule is Cc1ccc(C(=O)Nc2cccc(C(N)=NO)c2)cc1Cl. The Bertz CT molecular complexity index is 714. The molecule has 6 heteroatoms. The van der Waals surface area contributed by atoms with Gasteiger partial charge in [-0.3, -0.25) is 4.79 Å². The summed E-state index contributed by atoms with van der Waals surface area (Å²) in [6, 6.07) is 11.8. The van der Waals surface area contributed by atoms with Gasteiger partial charge in [0.2, 0.25) is 0 Å². The van der Waals surface area contributed by atoms with Crippen LogP contribution in [0.1, 0.15) is 21.5 Å². The molecule has 2 aromatic rings. The molecule has 2 aromatic carbocycles. The monoisotopic (exact) mass is 303 g/mol. The van der Waals surface area contributed by atoms with Crippen molar-refractivity contribution in [1.82, 2.24) is 0 Å². The molecular formula is C15H14ClN3O2. The lowest BCUT2D eigenvalue weighted by atomic mass is 10.1. The summed E-state index contributed by atoms with van der Waals surface area (Å²) >= 11 is 6.01. The van der Waals surface area contributed by atoms with E-state index in [-0.39, 0.29) is 11.7 Å². The van der Waals surface area contributed by atoms with Crippen LogP contribution in [0.3, 0.4) is 0 Å². The number of aryl methyl sites for hydroxylation is 1. The molecule has 0 saturated carbocycles. The molecular weight excluding hydrogens is 290 g/mol. The zero-order chi connectivity index (χ0) is 15.4. The minimum absolute atomic E-state index is 0.0236. The summed E-state index contributed by atoms with van der Waals surface area (Å²) in [6.45, 7) is 1.87. The third-order valence-corrected chi connectivity index (χ3v) is 3.37. The number of amides is 1. The predicted molar refractivity (Wildman–Crippen MR) is 83.1 cm³/mol. The lowest BCUT2D eigenvalue weighted by Gasteiger charge is -2.08. The standard InChI is InChI=1S/C15H14ClN3O2/c1-9-5-6-11(8-13(9)16)15(20)18-12-4-2-3-10(7-12)14(17)19-21/h2-8,21H,1H3,(H2,17,19)(H,18,20). The first-order valence-electron chi connectivity index (χ1n) is 6.16. The van der Waals surface area contributed by atoms with E-state index in [2.05, 4.69) is 10.5 Å². The van der Waals surface area contributed by atoms with Gasteiger partial charge in [0, 0.05) is 21.8 Å². The first kappa shape index (κ1) is 14.9. The molecule has 0 aliphatic rings. The average Bonchev–Trinajstić information content (AvgIpc) is 2.49. The van der Waals surface area contributed by atoms with Crippen LogP contribution in [-0.2, 0) is 0 Å². The number of rotatable bonds is 3. The lowest BCUT2D eigenvalue weighted by molar-refractivity contribution is 0.102. The zero-order valence-electron chi connectivity index (χ0n) is 11.3. The van der Waals surface area contributed by atoms with Gasteiger partial charge >= 0.3 is 0 Å². The summed E-state index contributed by atoms with van der Waals surface area (Å²) in [5.74, 6) is -0.307. The lowest BCUT2D eigenvalue weighted by Crippen LogP contribution is -2.15. The van der Waals surface area contributed by atoms with E-state index in [0.717, 1.165) is 5.56 Å². The second-order valence-corrected chi connectivity index (χ2v) is 4.89. The van der Waals surface area contributed by atoms with E-state index in [1.165, 1.54) is 0 Å². The molecule has 0 aliphatic carbocycles. The van der Waals surface area contributed by atoms with Gasteiger partial charge in [0.05, 0.1) is 0 Å². The Labute approximate surface area is 127 Å². The highest BCUT2D eigenvalue weighted by Gasteiger charge is 2.09. The van der Waals surface area contributed by atoms with E-state index in [1.54, 1.807) is 42.5 Å². The molecule has 0 atom stereocenters. The summed E-state index contributed by atoms with van der Waals surface area (Å²) in [5, 5.41) is 14.8. The van der Waals surface area contributed by atoms with Crippen molar-refractivity contribution in [3.8, 4) is 0 Å². The highest BCUT2D eigenvalue weighted by Crippen LogP contribution is 2.18. The first-order chi connectivity index (χ1) is 10.0. The van der Waals surface area contributed by atoms with Crippen LogP contribution < -0.4 is 11.1 Å². The van der Waals surface area contributed by atoms with Gasteiger partial charge in [0.1, 0.15) is 0 Å². The molecule has 0 saturated heterocycles. The number of nitrogens with zero attached hydrogens (tertiary/aromatic N) is 1. The molecule has 0 aliphatic heterocycles. The molecule has 4 N–H and O–H groups in total. The Hall–Kier alpha value is -2.53. The van der Waals surface area contributed by atoms with Crippen molar-refractivity contribution in [2.75, 3.05) is 5.32 Å². The van der Waals surface area contributed by atoms with E-state index in [9.17, 15) is 4.79 Å². The van der Waals surface area contributed by atoms with Gasteiger partial charge in [-0.15, -0.1) is 0 Å². The topological polar surface area (TPSA) is 87.7 Å². The van der Waals surface area contributed by atoms with Gasteiger partial charge in [-0.25, -0.2) is 0 Å². The molecule has 5 nitrogen and oxygen atoms in total. The molecule has 2 rings (SSSR count). The molecule has 0 fully saturated rings. The van der Waals surface area contributed by atoms with Crippen molar-refractivity contribution in [1.29, 1.82) is 0 Å². The minimum Gasteiger partial charge on any atom is -0.409 e. The number of carbonyl (C=O) groups excluding carboxylic acids is 1. The second kappa shape index (κ2) is 6.28. The highest BCUT2D eigenvalue weighted by atomic mass is 35.5. The predicted octanol–water partition coefficient (Wildman–Crippen LogP) is 3.00. The highest BCUT2D eigenvalue weighted by molar-refractivity contribution is 6.31. The van der Waals surface area contributed by atoms with Gasteiger partial charge in [0.25, 0.3) is 5.91 Å². The van der Waals surface area contributed by atoms with Crippen LogP contribution >= 0.6 is 11.6 Å². The molecule has 1 amide bonds. The maximum atomic E-state index is 12.1. The fraction of sp³-hybridized carbons (Fsp3) is 0.0667. The Morgan fingerprint density at radius 3 is 2.67 bits per heavy atom. The largest absolute Gasteiger partial charge is 0.409 e. The third-order valence-electron chi connectivity index (χ3n) is 2.96. The van der Waals surface area contributed by atoms with Gasteiger partial charge < -0.3 is 16.3 Å². The molecule has 0 unspecified atom stereocenters. The minimum atomic E-state index is -0.284. The summed E-state index contributed by atoms with van der Waals surface area (Å²) < 4.78 is 0. The van der Waals surface area contributed by atoms with Crippen LogP contribution in [0.15, 0.2) is 47.6 Å². The van der Waals surface area contributed by atoms with Gasteiger partial charge in [-0.2, -0.15) is 0 Å². The van der Waals surface area contributed by atoms with Crippen molar-refractivity contribution in [2.24, 2.45) is 10.9 Å². The number of halogens is 1. The van der Waals surface area contributed by atoms with Crippen LogP contribution in [0.5, 0.6) is 0 Å². The number of amidine groups is 1. The average molecular weight is 304 g/mol. The number of benzene rings is 2. The molecule has 0 spiro atoms. The zero-order valence-corrected chi connectivity index (χ0v) is 12.1. The number of carbonyl (C=O) groups is 1. The van der Waals surface area contributed by atoms with Crippen molar-refractivity contribution in [3.05, 3.63) is 64.2 Å². The quantitative estimate of drug-likeness (QED) is 0.352. The fourth-order valence-electron chi connectivity index (χ4n) is 1.75. The van der Waals surface area contributed by atoms with Crippen molar-refractivity contribution in [3.63, 3.8) is 0 Å².